The number of piperidine rings is 1. The molecular weight excluding hydrogens is 602 g/mol. The minimum absolute atomic E-state index is 0.0631. The van der Waals surface area contributed by atoms with Gasteiger partial charge in [0, 0.05) is 38.8 Å². The predicted octanol–water partition coefficient (Wildman–Crippen LogP) is 4.31. The molecule has 3 atom stereocenters. The minimum Gasteiger partial charge on any atom is -0.494 e. The van der Waals surface area contributed by atoms with Gasteiger partial charge in [-0.2, -0.15) is 0 Å². The summed E-state index contributed by atoms with van der Waals surface area (Å²) in [6, 6.07) is 14.8. The average molecular weight is 646 g/mol. The minimum atomic E-state index is -0.680. The van der Waals surface area contributed by atoms with E-state index in [1.807, 2.05) is 55.5 Å². The van der Waals surface area contributed by atoms with Crippen LogP contribution in [0.15, 0.2) is 60.7 Å². The Morgan fingerprint density at radius 3 is 2.76 bits per heavy atom. The average Bonchev–Trinajstić information content (AvgIpc) is 3.45. The van der Waals surface area contributed by atoms with E-state index >= 15 is 0 Å². The Morgan fingerprint density at radius 1 is 1.13 bits per heavy atom. The second-order valence-corrected chi connectivity index (χ2v) is 13.6. The van der Waals surface area contributed by atoms with Crippen molar-refractivity contribution in [2.75, 3.05) is 44.8 Å². The molecule has 6 rings (SSSR count). The number of hydrogen-bond acceptors (Lipinski definition) is 8. The molecule has 3 aliphatic rings. The maximum atomic E-state index is 13.8. The lowest BCUT2D eigenvalue weighted by Gasteiger charge is -2.40. The van der Waals surface area contributed by atoms with Crippen LogP contribution in [0, 0.1) is 11.3 Å². The predicted molar refractivity (Wildman–Crippen MR) is 179 cm³/mol. The van der Waals surface area contributed by atoms with E-state index < -0.39 is 11.5 Å². The number of nitrogens with zero attached hydrogens (tertiary/aromatic N) is 2. The molecule has 1 aromatic heterocycles. The Bertz CT molecular complexity index is 1550. The molecule has 2 aromatic carbocycles. The molecule has 0 radical (unpaired) electrons. The van der Waals surface area contributed by atoms with E-state index in [1.54, 1.807) is 0 Å². The SMILES string of the molecule is CCOc1ccc2nc(NC(=O)CN3CC[C@H]4NC(=O)[C@H](Cc5ccccc5)NC(=O)C5(C/C=C/C[C@H]4C3)CCOCC5)sc2c1. The largest absolute Gasteiger partial charge is 0.494 e. The number of nitrogens with one attached hydrogen (secondary N) is 3. The molecule has 3 N–H and O–H groups in total. The number of benzene rings is 2. The van der Waals surface area contributed by atoms with E-state index in [2.05, 4.69) is 38.0 Å². The number of rotatable bonds is 7. The normalized spacial score (nSPS) is 24.6. The highest BCUT2D eigenvalue weighted by Gasteiger charge is 2.41. The number of allylic oxidation sites excluding steroid dienone is 2. The standard InChI is InChI=1S/C35H43N5O5S/c1-2-45-26-11-12-28-30(21-26)46-34(38-28)39-31(41)23-40-17-13-27-25(22-40)10-6-7-14-35(15-18-44-19-16-35)33(43)37-29(32(42)36-27)20-24-8-4-3-5-9-24/h3-9,11-12,21,25,27,29H,2,10,13-20,22-23H2,1H3,(H,36,42)(H,37,43)(H,38,39,41)/b7-6+/t25-,27+,29-/m0/s1. The van der Waals surface area contributed by atoms with Gasteiger partial charge in [-0.1, -0.05) is 53.8 Å². The van der Waals surface area contributed by atoms with E-state index in [4.69, 9.17) is 9.47 Å². The van der Waals surface area contributed by atoms with Crippen LogP contribution in [0.1, 0.15) is 44.6 Å². The van der Waals surface area contributed by atoms with Crippen molar-refractivity contribution in [1.82, 2.24) is 20.5 Å². The van der Waals surface area contributed by atoms with Crippen LogP contribution in [-0.4, -0.2) is 79.1 Å². The van der Waals surface area contributed by atoms with Crippen molar-refractivity contribution in [3.8, 4) is 5.75 Å². The molecule has 2 saturated heterocycles. The van der Waals surface area contributed by atoms with Gasteiger partial charge in [0.15, 0.2) is 5.13 Å². The van der Waals surface area contributed by atoms with Gasteiger partial charge in [-0.05, 0) is 68.7 Å². The fourth-order valence-electron chi connectivity index (χ4n) is 6.78. The lowest BCUT2D eigenvalue weighted by atomic mass is 9.75. The molecule has 0 unspecified atom stereocenters. The van der Waals surface area contributed by atoms with E-state index in [0.717, 1.165) is 28.0 Å². The van der Waals surface area contributed by atoms with Gasteiger partial charge in [0.25, 0.3) is 0 Å². The third kappa shape index (κ3) is 7.76. The van der Waals surface area contributed by atoms with Gasteiger partial charge in [-0.25, -0.2) is 4.98 Å². The molecule has 0 saturated carbocycles. The van der Waals surface area contributed by atoms with Crippen LogP contribution >= 0.6 is 11.3 Å². The summed E-state index contributed by atoms with van der Waals surface area (Å²) in [6.45, 7) is 5.20. The molecule has 0 aliphatic carbocycles. The summed E-state index contributed by atoms with van der Waals surface area (Å²) in [5.74, 6) is 0.571. The molecule has 1 spiro atoms. The number of anilines is 1. The number of carbonyl (C=O) groups is 3. The molecule has 10 nitrogen and oxygen atoms in total. The Hall–Kier alpha value is -3.80. The number of amides is 3. The number of thiazole rings is 1. The monoisotopic (exact) mass is 645 g/mol. The highest BCUT2D eigenvalue weighted by molar-refractivity contribution is 7.22. The maximum absolute atomic E-state index is 13.8. The first-order chi connectivity index (χ1) is 22.4. The van der Waals surface area contributed by atoms with Gasteiger partial charge >= 0.3 is 0 Å². The molecule has 0 bridgehead atoms. The fourth-order valence-corrected chi connectivity index (χ4v) is 7.69. The Kier molecular flexibility index (Phi) is 10.3. The van der Waals surface area contributed by atoms with Crippen molar-refractivity contribution < 1.29 is 23.9 Å². The van der Waals surface area contributed by atoms with E-state index in [0.29, 0.717) is 70.1 Å². The summed E-state index contributed by atoms with van der Waals surface area (Å²) in [6.07, 6.45) is 8.03. The van der Waals surface area contributed by atoms with Gasteiger partial charge in [-0.3, -0.25) is 19.3 Å². The highest BCUT2D eigenvalue weighted by Crippen LogP contribution is 2.36. The van der Waals surface area contributed by atoms with Gasteiger partial charge < -0.3 is 25.4 Å². The third-order valence-electron chi connectivity index (χ3n) is 9.38. The molecule has 244 valence electrons. The van der Waals surface area contributed by atoms with Crippen LogP contribution in [0.4, 0.5) is 5.13 Å². The second-order valence-electron chi connectivity index (χ2n) is 12.5. The molecule has 4 heterocycles. The summed E-state index contributed by atoms with van der Waals surface area (Å²) in [5, 5.41) is 10.0. The summed E-state index contributed by atoms with van der Waals surface area (Å²) < 4.78 is 12.2. The smallest absolute Gasteiger partial charge is 0.243 e. The fraction of sp³-hybridized carbons (Fsp3) is 0.486. The lowest BCUT2D eigenvalue weighted by molar-refractivity contribution is -0.140. The number of hydrogen-bond donors (Lipinski definition) is 3. The zero-order chi connectivity index (χ0) is 31.9. The van der Waals surface area contributed by atoms with E-state index in [9.17, 15) is 14.4 Å². The molecule has 3 aliphatic heterocycles. The van der Waals surface area contributed by atoms with Crippen LogP contribution < -0.4 is 20.7 Å². The zero-order valence-electron chi connectivity index (χ0n) is 26.3. The van der Waals surface area contributed by atoms with Crippen molar-refractivity contribution in [2.24, 2.45) is 11.3 Å². The summed E-state index contributed by atoms with van der Waals surface area (Å²) in [7, 11) is 0. The van der Waals surface area contributed by atoms with Crippen LogP contribution in [0.25, 0.3) is 10.2 Å². The molecule has 2 fully saturated rings. The highest BCUT2D eigenvalue weighted by atomic mass is 32.1. The number of carbonyl (C=O) groups excluding carboxylic acids is 3. The van der Waals surface area contributed by atoms with Crippen molar-refractivity contribution >= 4 is 44.4 Å². The van der Waals surface area contributed by atoms with Crippen LogP contribution in [0.3, 0.4) is 0 Å². The number of likely N-dealkylation sites (tertiary alicyclic amines) is 1. The third-order valence-corrected chi connectivity index (χ3v) is 10.3. The lowest BCUT2D eigenvalue weighted by Crippen LogP contribution is -2.58. The maximum Gasteiger partial charge on any atom is 0.243 e. The van der Waals surface area contributed by atoms with E-state index in [1.165, 1.54) is 11.3 Å². The van der Waals surface area contributed by atoms with Crippen LogP contribution in [0.2, 0.25) is 0 Å². The first-order valence-corrected chi connectivity index (χ1v) is 17.2. The number of aromatic nitrogens is 1. The van der Waals surface area contributed by atoms with E-state index in [-0.39, 0.29) is 36.2 Å². The van der Waals surface area contributed by atoms with Crippen molar-refractivity contribution in [3.05, 3.63) is 66.2 Å². The second kappa shape index (κ2) is 14.7. The van der Waals surface area contributed by atoms with Gasteiger partial charge in [0.05, 0.1) is 28.8 Å². The molecule has 11 heteroatoms. The first kappa shape index (κ1) is 32.2. The van der Waals surface area contributed by atoms with Gasteiger partial charge in [0.1, 0.15) is 11.8 Å². The number of fused-ring (bicyclic) bond motifs is 2. The molecule has 3 amide bonds. The topological polar surface area (TPSA) is 122 Å². The van der Waals surface area contributed by atoms with Gasteiger partial charge in [-0.15, -0.1) is 0 Å². The molecule has 46 heavy (non-hydrogen) atoms. The number of ether oxygens (including phenoxy) is 2. The summed E-state index contributed by atoms with van der Waals surface area (Å²) in [4.78, 5) is 47.5. The zero-order valence-corrected chi connectivity index (χ0v) is 27.2. The van der Waals surface area contributed by atoms with Crippen molar-refractivity contribution in [1.29, 1.82) is 0 Å². The molecule has 3 aromatic rings. The van der Waals surface area contributed by atoms with Crippen molar-refractivity contribution in [3.63, 3.8) is 0 Å². The van der Waals surface area contributed by atoms with Crippen LogP contribution in [0.5, 0.6) is 5.75 Å². The van der Waals surface area contributed by atoms with Crippen molar-refractivity contribution in [2.45, 2.75) is 57.5 Å². The quantitative estimate of drug-likeness (QED) is 0.328. The summed E-state index contributed by atoms with van der Waals surface area (Å²) >= 11 is 1.43. The van der Waals surface area contributed by atoms with Crippen LogP contribution in [-0.2, 0) is 25.5 Å². The summed E-state index contributed by atoms with van der Waals surface area (Å²) in [5.41, 5.74) is 1.23. The van der Waals surface area contributed by atoms with Gasteiger partial charge in [0.2, 0.25) is 17.7 Å². The first-order valence-electron chi connectivity index (χ1n) is 16.3. The molecular formula is C35H43N5O5S. The Balaban J connectivity index is 1.14. The Morgan fingerprint density at radius 2 is 1.96 bits per heavy atom. The Labute approximate surface area is 273 Å².